The van der Waals surface area contributed by atoms with Crippen LogP contribution in [-0.2, 0) is 20.0 Å². The van der Waals surface area contributed by atoms with Crippen LogP contribution in [0, 0.1) is 0 Å². The smallest absolute Gasteiger partial charge is 0.335 e. The number of nitrogens with two attached hydrogens (primary N) is 1. The Kier molecular flexibility index (Phi) is 3.93. The molecule has 20 heavy (non-hydrogen) atoms. The lowest BCUT2D eigenvalue weighted by molar-refractivity contribution is 0.0697. The van der Waals surface area contributed by atoms with Gasteiger partial charge in [0, 0.05) is 25.4 Å². The van der Waals surface area contributed by atoms with Gasteiger partial charge in [-0.25, -0.2) is 4.79 Å². The van der Waals surface area contributed by atoms with Gasteiger partial charge in [0.2, 0.25) is 0 Å². The number of aromatic nitrogens is 2. The molecule has 0 amide bonds. The third-order valence-corrected chi connectivity index (χ3v) is 3.09. The fraction of sp³-hybridized carbons (Fsp3) is 0.286. The van der Waals surface area contributed by atoms with Crippen molar-refractivity contribution in [1.82, 2.24) is 9.78 Å². The summed E-state index contributed by atoms with van der Waals surface area (Å²) >= 11 is 0. The van der Waals surface area contributed by atoms with E-state index in [2.05, 4.69) is 17.3 Å². The number of aromatic carboxylic acids is 1. The largest absolute Gasteiger partial charge is 0.478 e. The normalized spacial score (nSPS) is 10.5. The van der Waals surface area contributed by atoms with E-state index in [-0.39, 0.29) is 5.56 Å². The van der Waals surface area contributed by atoms with Crippen molar-refractivity contribution in [3.8, 4) is 0 Å². The Hall–Kier alpha value is -2.50. The maximum absolute atomic E-state index is 10.8. The Labute approximate surface area is 117 Å². The summed E-state index contributed by atoms with van der Waals surface area (Å²) in [6.07, 6.45) is 2.83. The number of hydrogen-bond acceptors (Lipinski definition) is 4. The van der Waals surface area contributed by atoms with Crippen LogP contribution in [0.5, 0.6) is 0 Å². The molecule has 0 radical (unpaired) electrons. The average Bonchev–Trinajstić information content (AvgIpc) is 2.77. The van der Waals surface area contributed by atoms with Crippen LogP contribution in [0.4, 0.5) is 11.4 Å². The maximum atomic E-state index is 10.8. The molecule has 2 rings (SSSR count). The van der Waals surface area contributed by atoms with Gasteiger partial charge in [-0.05, 0) is 24.6 Å². The fourth-order valence-electron chi connectivity index (χ4n) is 2.08. The Morgan fingerprint density at radius 3 is 2.85 bits per heavy atom. The third kappa shape index (κ3) is 2.90. The van der Waals surface area contributed by atoms with Crippen molar-refractivity contribution in [3.63, 3.8) is 0 Å². The molecule has 0 saturated carbocycles. The van der Waals surface area contributed by atoms with E-state index in [4.69, 9.17) is 10.8 Å². The van der Waals surface area contributed by atoms with E-state index < -0.39 is 5.97 Å². The van der Waals surface area contributed by atoms with Crippen LogP contribution in [0.1, 0.15) is 28.5 Å². The van der Waals surface area contributed by atoms with Gasteiger partial charge in [-0.2, -0.15) is 5.10 Å². The SMILES string of the molecule is CCc1nn(C)cc1CNc1ccc(C(=O)O)cc1N. The van der Waals surface area contributed by atoms with Crippen LogP contribution < -0.4 is 11.1 Å². The van der Waals surface area contributed by atoms with E-state index in [0.717, 1.165) is 23.4 Å². The molecule has 6 nitrogen and oxygen atoms in total. The summed E-state index contributed by atoms with van der Waals surface area (Å²) in [5.74, 6) is -0.983. The summed E-state index contributed by atoms with van der Waals surface area (Å²) < 4.78 is 1.78. The summed E-state index contributed by atoms with van der Waals surface area (Å²) in [6.45, 7) is 2.66. The van der Waals surface area contributed by atoms with Gasteiger partial charge in [-0.3, -0.25) is 4.68 Å². The van der Waals surface area contributed by atoms with Crippen molar-refractivity contribution < 1.29 is 9.90 Å². The van der Waals surface area contributed by atoms with Crippen LogP contribution in [0.25, 0.3) is 0 Å². The second kappa shape index (κ2) is 5.64. The number of nitrogen functional groups attached to an aromatic ring is 1. The second-order valence-electron chi connectivity index (χ2n) is 4.59. The standard InChI is InChI=1S/C14H18N4O2/c1-3-12-10(8-18(2)17-12)7-16-13-5-4-9(14(19)20)6-11(13)15/h4-6,8,16H,3,7,15H2,1-2H3,(H,19,20). The minimum atomic E-state index is -0.983. The van der Waals surface area contributed by atoms with E-state index in [9.17, 15) is 4.79 Å². The van der Waals surface area contributed by atoms with Gasteiger partial charge in [-0.1, -0.05) is 6.92 Å². The summed E-state index contributed by atoms with van der Waals surface area (Å²) in [4.78, 5) is 10.8. The van der Waals surface area contributed by atoms with Crippen molar-refractivity contribution in [3.05, 3.63) is 41.2 Å². The number of carboxylic acid groups (broad SMARTS) is 1. The molecule has 0 bridgehead atoms. The highest BCUT2D eigenvalue weighted by Crippen LogP contribution is 2.21. The van der Waals surface area contributed by atoms with E-state index in [1.165, 1.54) is 12.1 Å². The first kappa shape index (κ1) is 13.9. The Morgan fingerprint density at radius 1 is 1.50 bits per heavy atom. The fourth-order valence-corrected chi connectivity index (χ4v) is 2.08. The first-order valence-corrected chi connectivity index (χ1v) is 6.39. The van der Waals surface area contributed by atoms with Gasteiger partial charge < -0.3 is 16.2 Å². The molecule has 0 fully saturated rings. The lowest BCUT2D eigenvalue weighted by Gasteiger charge is -2.09. The number of aryl methyl sites for hydroxylation is 2. The van der Waals surface area contributed by atoms with Crippen LogP contribution in [0.3, 0.4) is 0 Å². The van der Waals surface area contributed by atoms with E-state index >= 15 is 0 Å². The van der Waals surface area contributed by atoms with Gasteiger partial charge in [-0.15, -0.1) is 0 Å². The molecule has 0 atom stereocenters. The van der Waals surface area contributed by atoms with E-state index in [1.54, 1.807) is 10.7 Å². The van der Waals surface area contributed by atoms with Crippen molar-refractivity contribution in [2.45, 2.75) is 19.9 Å². The molecular weight excluding hydrogens is 256 g/mol. The first-order chi connectivity index (χ1) is 9.51. The minimum Gasteiger partial charge on any atom is -0.478 e. The molecule has 4 N–H and O–H groups in total. The predicted octanol–water partition coefficient (Wildman–Crippen LogP) is 1.88. The van der Waals surface area contributed by atoms with E-state index in [1.807, 2.05) is 13.2 Å². The molecule has 0 spiro atoms. The lowest BCUT2D eigenvalue weighted by Crippen LogP contribution is -2.05. The van der Waals surface area contributed by atoms with Crippen LogP contribution in [-0.4, -0.2) is 20.9 Å². The number of carboxylic acids is 1. The van der Waals surface area contributed by atoms with Gasteiger partial charge in [0.25, 0.3) is 0 Å². The molecule has 6 heteroatoms. The number of rotatable bonds is 5. The van der Waals surface area contributed by atoms with Crippen molar-refractivity contribution in [2.24, 2.45) is 7.05 Å². The zero-order valence-electron chi connectivity index (χ0n) is 11.6. The highest BCUT2D eigenvalue weighted by Gasteiger charge is 2.08. The van der Waals surface area contributed by atoms with Crippen LogP contribution in [0.15, 0.2) is 24.4 Å². The van der Waals surface area contributed by atoms with E-state index in [0.29, 0.717) is 12.2 Å². The predicted molar refractivity (Wildman–Crippen MR) is 77.7 cm³/mol. The molecule has 0 aliphatic carbocycles. The molecule has 0 saturated heterocycles. The third-order valence-electron chi connectivity index (χ3n) is 3.09. The monoisotopic (exact) mass is 274 g/mol. The number of nitrogens with zero attached hydrogens (tertiary/aromatic N) is 2. The molecule has 0 aliphatic heterocycles. The number of anilines is 2. The zero-order chi connectivity index (χ0) is 14.7. The van der Waals surface area contributed by atoms with Gasteiger partial charge >= 0.3 is 5.97 Å². The van der Waals surface area contributed by atoms with Gasteiger partial charge in [0.05, 0.1) is 22.6 Å². The first-order valence-electron chi connectivity index (χ1n) is 6.39. The Morgan fingerprint density at radius 2 is 2.25 bits per heavy atom. The van der Waals surface area contributed by atoms with Crippen LogP contribution in [0.2, 0.25) is 0 Å². The van der Waals surface area contributed by atoms with Crippen molar-refractivity contribution in [1.29, 1.82) is 0 Å². The quantitative estimate of drug-likeness (QED) is 0.724. The molecular formula is C14H18N4O2. The number of carbonyl (C=O) groups is 1. The molecule has 106 valence electrons. The molecule has 0 unspecified atom stereocenters. The molecule has 0 aliphatic rings. The maximum Gasteiger partial charge on any atom is 0.335 e. The summed E-state index contributed by atoms with van der Waals surface area (Å²) in [6, 6.07) is 4.67. The summed E-state index contributed by atoms with van der Waals surface area (Å²) in [5.41, 5.74) is 9.33. The minimum absolute atomic E-state index is 0.184. The second-order valence-corrected chi connectivity index (χ2v) is 4.59. The van der Waals surface area contributed by atoms with Crippen LogP contribution >= 0.6 is 0 Å². The summed E-state index contributed by atoms with van der Waals surface area (Å²) in [5, 5.41) is 16.5. The number of nitrogens with one attached hydrogen (secondary N) is 1. The number of benzene rings is 1. The van der Waals surface area contributed by atoms with Crippen molar-refractivity contribution in [2.75, 3.05) is 11.1 Å². The Bertz CT molecular complexity index is 634. The number of hydrogen-bond donors (Lipinski definition) is 3. The van der Waals surface area contributed by atoms with Gasteiger partial charge in [0.1, 0.15) is 0 Å². The topological polar surface area (TPSA) is 93.2 Å². The summed E-state index contributed by atoms with van der Waals surface area (Å²) in [7, 11) is 1.89. The lowest BCUT2D eigenvalue weighted by atomic mass is 10.1. The zero-order valence-corrected chi connectivity index (χ0v) is 11.6. The highest BCUT2D eigenvalue weighted by atomic mass is 16.4. The molecule has 1 aromatic carbocycles. The molecule has 1 heterocycles. The molecule has 1 aromatic heterocycles. The van der Waals surface area contributed by atoms with Crippen molar-refractivity contribution >= 4 is 17.3 Å². The van der Waals surface area contributed by atoms with Gasteiger partial charge in [0.15, 0.2) is 0 Å². The Balaban J connectivity index is 2.12. The highest BCUT2D eigenvalue weighted by molar-refractivity contribution is 5.90. The molecule has 2 aromatic rings. The average molecular weight is 274 g/mol.